The van der Waals surface area contributed by atoms with Crippen molar-refractivity contribution in [2.24, 2.45) is 0 Å². The Morgan fingerprint density at radius 2 is 1.85 bits per heavy atom. The van der Waals surface area contributed by atoms with Crippen molar-refractivity contribution in [2.45, 2.75) is 77.4 Å². The maximum Gasteiger partial charge on any atom is 0.242 e. The summed E-state index contributed by atoms with van der Waals surface area (Å²) in [6.45, 7) is 3.91. The Balaban J connectivity index is 1.75. The molecule has 0 saturated heterocycles. The molecule has 214 valence electrons. The summed E-state index contributed by atoms with van der Waals surface area (Å²) in [4.78, 5) is 28.3. The van der Waals surface area contributed by atoms with E-state index in [0.29, 0.717) is 16.5 Å². The van der Waals surface area contributed by atoms with Crippen molar-refractivity contribution in [3.8, 4) is 5.75 Å². The van der Waals surface area contributed by atoms with Crippen LogP contribution in [0.4, 0.5) is 5.69 Å². The average Bonchev–Trinajstić information content (AvgIpc) is 2.90. The lowest BCUT2D eigenvalue weighted by Crippen LogP contribution is -2.50. The number of nitrogens with one attached hydrogen (secondary N) is 1. The highest BCUT2D eigenvalue weighted by atomic mass is 35.5. The summed E-state index contributed by atoms with van der Waals surface area (Å²) in [6.07, 6.45) is 6.77. The third-order valence-electron chi connectivity index (χ3n) is 7.20. The van der Waals surface area contributed by atoms with E-state index in [2.05, 4.69) is 5.32 Å². The van der Waals surface area contributed by atoms with Gasteiger partial charge >= 0.3 is 0 Å². The van der Waals surface area contributed by atoms with E-state index < -0.39 is 16.1 Å². The Morgan fingerprint density at radius 3 is 2.51 bits per heavy atom. The number of halogens is 1. The molecular weight excluding hydrogens is 538 g/mol. The van der Waals surface area contributed by atoms with E-state index in [0.717, 1.165) is 43.1 Å². The molecule has 2 aromatic carbocycles. The summed E-state index contributed by atoms with van der Waals surface area (Å²) >= 11 is 6.14. The van der Waals surface area contributed by atoms with Gasteiger partial charge in [0.05, 0.1) is 19.1 Å². The SMILES string of the molecule is COc1cccc(CN(C(=O)CCCN(c2cc(Cl)ccc2C)S(C)(=O)=O)[C@@H](C)C(=O)NC2CCCCC2)c1. The van der Waals surface area contributed by atoms with Crippen LogP contribution in [0.25, 0.3) is 0 Å². The molecule has 1 fully saturated rings. The number of aryl methyl sites for hydroxylation is 1. The van der Waals surface area contributed by atoms with Crippen molar-refractivity contribution in [2.75, 3.05) is 24.2 Å². The maximum absolute atomic E-state index is 13.6. The number of carbonyl (C=O) groups is 2. The lowest BCUT2D eigenvalue weighted by atomic mass is 9.95. The largest absolute Gasteiger partial charge is 0.497 e. The molecule has 8 nitrogen and oxygen atoms in total. The monoisotopic (exact) mass is 577 g/mol. The third kappa shape index (κ3) is 8.86. The average molecular weight is 578 g/mol. The molecule has 10 heteroatoms. The van der Waals surface area contributed by atoms with Crippen LogP contribution in [-0.4, -0.2) is 57.1 Å². The number of ether oxygens (including phenoxy) is 1. The van der Waals surface area contributed by atoms with E-state index in [4.69, 9.17) is 16.3 Å². The highest BCUT2D eigenvalue weighted by molar-refractivity contribution is 7.92. The molecular formula is C29H40ClN3O5S. The van der Waals surface area contributed by atoms with Crippen molar-refractivity contribution < 1.29 is 22.7 Å². The minimum Gasteiger partial charge on any atom is -0.497 e. The zero-order valence-corrected chi connectivity index (χ0v) is 24.9. The topological polar surface area (TPSA) is 96.0 Å². The van der Waals surface area contributed by atoms with Crippen LogP contribution in [0.1, 0.15) is 63.0 Å². The number of nitrogens with zero attached hydrogens (tertiary/aromatic N) is 2. The first-order valence-corrected chi connectivity index (χ1v) is 15.7. The van der Waals surface area contributed by atoms with Gasteiger partial charge in [0.1, 0.15) is 11.8 Å². The lowest BCUT2D eigenvalue weighted by Gasteiger charge is -2.31. The number of hydrogen-bond donors (Lipinski definition) is 1. The van der Waals surface area contributed by atoms with Gasteiger partial charge in [-0.1, -0.05) is 49.1 Å². The molecule has 1 N–H and O–H groups in total. The van der Waals surface area contributed by atoms with E-state index in [9.17, 15) is 18.0 Å². The zero-order valence-electron chi connectivity index (χ0n) is 23.3. The number of carbonyl (C=O) groups excluding carboxylic acids is 2. The van der Waals surface area contributed by atoms with E-state index in [1.54, 1.807) is 37.1 Å². The maximum atomic E-state index is 13.6. The van der Waals surface area contributed by atoms with Crippen LogP contribution in [-0.2, 0) is 26.2 Å². The first-order chi connectivity index (χ1) is 18.5. The molecule has 0 aliphatic heterocycles. The standard InChI is InChI=1S/C29H40ClN3O5S/c1-21-15-16-24(30)19-27(21)33(39(4,36)37)17-9-14-28(34)32(20-23-10-8-13-26(18-23)38-3)22(2)29(35)31-25-11-6-5-7-12-25/h8,10,13,15-16,18-19,22,25H,5-7,9,11-12,14,17,20H2,1-4H3,(H,31,35)/t22-/m0/s1. The van der Waals surface area contributed by atoms with Crippen molar-refractivity contribution in [1.82, 2.24) is 10.2 Å². The van der Waals surface area contributed by atoms with Gasteiger partial charge in [-0.05, 0) is 68.5 Å². The molecule has 1 aliphatic carbocycles. The molecule has 2 aromatic rings. The summed E-state index contributed by atoms with van der Waals surface area (Å²) in [6, 6.07) is 11.9. The fourth-order valence-electron chi connectivity index (χ4n) is 4.95. The highest BCUT2D eigenvalue weighted by Gasteiger charge is 2.28. The minimum absolute atomic E-state index is 0.0800. The number of hydrogen-bond acceptors (Lipinski definition) is 5. The van der Waals surface area contributed by atoms with Gasteiger partial charge in [0, 0.05) is 30.6 Å². The number of amides is 2. The van der Waals surface area contributed by atoms with E-state index in [1.807, 2.05) is 31.2 Å². The van der Waals surface area contributed by atoms with E-state index in [1.165, 1.54) is 10.7 Å². The summed E-state index contributed by atoms with van der Waals surface area (Å²) in [5.74, 6) is 0.269. The molecule has 0 unspecified atom stereocenters. The predicted molar refractivity (Wildman–Crippen MR) is 156 cm³/mol. The van der Waals surface area contributed by atoms with Crippen LogP contribution < -0.4 is 14.4 Å². The van der Waals surface area contributed by atoms with E-state index in [-0.39, 0.29) is 43.8 Å². The van der Waals surface area contributed by atoms with Gasteiger partial charge in [0.2, 0.25) is 21.8 Å². The Kier molecular flexibility index (Phi) is 11.1. The number of methoxy groups -OCH3 is 1. The van der Waals surface area contributed by atoms with E-state index >= 15 is 0 Å². The highest BCUT2D eigenvalue weighted by Crippen LogP contribution is 2.27. The van der Waals surface area contributed by atoms with Crippen molar-refractivity contribution in [3.05, 3.63) is 58.6 Å². The Morgan fingerprint density at radius 1 is 1.13 bits per heavy atom. The Labute approximate surface area is 237 Å². The van der Waals surface area contributed by atoms with Crippen LogP contribution in [0.5, 0.6) is 5.75 Å². The van der Waals surface area contributed by atoms with Gasteiger partial charge in [-0.15, -0.1) is 0 Å². The summed E-state index contributed by atoms with van der Waals surface area (Å²) in [7, 11) is -2.03. The molecule has 0 bridgehead atoms. The molecule has 1 saturated carbocycles. The van der Waals surface area contributed by atoms with Gasteiger partial charge in [0.25, 0.3) is 0 Å². The fourth-order valence-corrected chi connectivity index (χ4v) is 6.13. The Bertz CT molecular complexity index is 1250. The van der Waals surface area contributed by atoms with Crippen LogP contribution in [0.3, 0.4) is 0 Å². The summed E-state index contributed by atoms with van der Waals surface area (Å²) in [5.41, 5.74) is 2.10. The number of benzene rings is 2. The van der Waals surface area contributed by atoms with Gasteiger partial charge in [-0.25, -0.2) is 8.42 Å². The minimum atomic E-state index is -3.61. The van der Waals surface area contributed by atoms with Gasteiger partial charge < -0.3 is 15.0 Å². The van der Waals surface area contributed by atoms with Crippen molar-refractivity contribution in [1.29, 1.82) is 0 Å². The number of sulfonamides is 1. The Hall–Kier alpha value is -2.78. The zero-order chi connectivity index (χ0) is 28.6. The fraction of sp³-hybridized carbons (Fsp3) is 0.517. The van der Waals surface area contributed by atoms with Gasteiger partial charge in [0.15, 0.2) is 0 Å². The molecule has 0 radical (unpaired) electrons. The first kappa shape index (κ1) is 30.8. The van der Waals surface area contributed by atoms with Crippen molar-refractivity contribution >= 4 is 39.1 Å². The number of rotatable bonds is 12. The quantitative estimate of drug-likeness (QED) is 0.380. The molecule has 0 heterocycles. The van der Waals surface area contributed by atoms with Crippen LogP contribution in [0.15, 0.2) is 42.5 Å². The number of anilines is 1. The second-order valence-electron chi connectivity index (χ2n) is 10.3. The second kappa shape index (κ2) is 14.0. The molecule has 3 rings (SSSR count). The molecule has 2 amide bonds. The molecule has 1 atom stereocenters. The normalized spacial score (nSPS) is 14.9. The lowest BCUT2D eigenvalue weighted by molar-refractivity contribution is -0.141. The predicted octanol–water partition coefficient (Wildman–Crippen LogP) is 5.07. The van der Waals surface area contributed by atoms with Crippen LogP contribution in [0.2, 0.25) is 5.02 Å². The van der Waals surface area contributed by atoms with Gasteiger partial charge in [-0.2, -0.15) is 0 Å². The summed E-state index contributed by atoms with van der Waals surface area (Å²) < 4.78 is 31.9. The van der Waals surface area contributed by atoms with Crippen molar-refractivity contribution in [3.63, 3.8) is 0 Å². The smallest absolute Gasteiger partial charge is 0.242 e. The third-order valence-corrected chi connectivity index (χ3v) is 8.61. The molecule has 0 aromatic heterocycles. The van der Waals surface area contributed by atoms with Gasteiger partial charge in [-0.3, -0.25) is 13.9 Å². The molecule has 0 spiro atoms. The summed E-state index contributed by atoms with van der Waals surface area (Å²) in [5, 5.41) is 3.56. The van der Waals surface area contributed by atoms with Crippen LogP contribution in [0, 0.1) is 6.92 Å². The molecule has 1 aliphatic rings. The molecule has 39 heavy (non-hydrogen) atoms. The van der Waals surface area contributed by atoms with Crippen LogP contribution >= 0.6 is 11.6 Å². The first-order valence-electron chi connectivity index (χ1n) is 13.5. The second-order valence-corrected chi connectivity index (χ2v) is 12.6.